The second-order valence-electron chi connectivity index (χ2n) is 5.59. The summed E-state index contributed by atoms with van der Waals surface area (Å²) < 4.78 is 5.14. The van der Waals surface area contributed by atoms with Crippen LogP contribution in [-0.2, 0) is 0 Å². The van der Waals surface area contributed by atoms with Crippen LogP contribution < -0.4 is 5.73 Å². The summed E-state index contributed by atoms with van der Waals surface area (Å²) in [4.78, 5) is 4.34. The van der Waals surface area contributed by atoms with Gasteiger partial charge in [0.1, 0.15) is 6.10 Å². The number of aliphatic hydroxyl groups excluding tert-OH is 1. The fraction of sp³-hybridized carbons (Fsp3) is 0.857. The summed E-state index contributed by atoms with van der Waals surface area (Å²) in [7, 11) is 0. The molecule has 0 saturated heterocycles. The average Bonchev–Trinajstić information content (AvgIpc) is 2.90. The zero-order valence-corrected chi connectivity index (χ0v) is 11.7. The van der Waals surface area contributed by atoms with Gasteiger partial charge >= 0.3 is 0 Å². The molecule has 19 heavy (non-hydrogen) atoms. The van der Waals surface area contributed by atoms with Gasteiger partial charge in [-0.1, -0.05) is 24.9 Å². The molecule has 2 rings (SSSR count). The van der Waals surface area contributed by atoms with Crippen LogP contribution in [0.25, 0.3) is 0 Å². The maximum atomic E-state index is 9.77. The maximum absolute atomic E-state index is 9.77. The molecule has 0 aliphatic heterocycles. The minimum Gasteiger partial charge on any atom is -0.383 e. The van der Waals surface area contributed by atoms with E-state index in [-0.39, 0.29) is 0 Å². The van der Waals surface area contributed by atoms with Crippen molar-refractivity contribution in [3.05, 3.63) is 11.7 Å². The van der Waals surface area contributed by atoms with E-state index in [1.807, 2.05) is 0 Å². The number of nitrogens with zero attached hydrogens (tertiary/aromatic N) is 2. The van der Waals surface area contributed by atoms with E-state index >= 15 is 0 Å². The smallest absolute Gasteiger partial charge is 0.255 e. The van der Waals surface area contributed by atoms with Gasteiger partial charge in [-0.05, 0) is 44.6 Å². The van der Waals surface area contributed by atoms with Crippen molar-refractivity contribution >= 4 is 0 Å². The molecule has 1 aromatic heterocycles. The molecule has 108 valence electrons. The molecule has 1 heterocycles. The molecular formula is C14H25N3O2. The molecule has 0 amide bonds. The van der Waals surface area contributed by atoms with Crippen LogP contribution >= 0.6 is 0 Å². The fourth-order valence-corrected chi connectivity index (χ4v) is 2.95. The Morgan fingerprint density at radius 1 is 1.37 bits per heavy atom. The molecular weight excluding hydrogens is 242 g/mol. The summed E-state index contributed by atoms with van der Waals surface area (Å²) in [5.74, 6) is 2.35. The normalized spacial score (nSPS) is 25.4. The third-order valence-electron chi connectivity index (χ3n) is 4.09. The Bertz CT molecular complexity index is 373. The van der Waals surface area contributed by atoms with E-state index < -0.39 is 6.10 Å². The summed E-state index contributed by atoms with van der Waals surface area (Å²) in [5, 5.41) is 13.8. The van der Waals surface area contributed by atoms with Crippen LogP contribution in [0.4, 0.5) is 0 Å². The second kappa shape index (κ2) is 7.01. The van der Waals surface area contributed by atoms with Gasteiger partial charge in [0.25, 0.3) is 5.89 Å². The number of hydrogen-bond acceptors (Lipinski definition) is 5. The molecule has 1 aliphatic carbocycles. The lowest BCUT2D eigenvalue weighted by molar-refractivity contribution is 0.127. The zero-order valence-electron chi connectivity index (χ0n) is 11.7. The third kappa shape index (κ3) is 3.76. The molecule has 0 bridgehead atoms. The van der Waals surface area contributed by atoms with Crippen LogP contribution in [0.3, 0.4) is 0 Å². The lowest BCUT2D eigenvalue weighted by Crippen LogP contribution is -2.14. The number of aliphatic hydroxyl groups is 1. The van der Waals surface area contributed by atoms with Gasteiger partial charge in [0, 0.05) is 5.92 Å². The molecule has 1 unspecified atom stereocenters. The first-order chi connectivity index (χ1) is 9.24. The first kappa shape index (κ1) is 14.5. The van der Waals surface area contributed by atoms with Crippen LogP contribution in [0.1, 0.15) is 75.6 Å². The highest BCUT2D eigenvalue weighted by atomic mass is 16.5. The van der Waals surface area contributed by atoms with Crippen LogP contribution in [0.15, 0.2) is 4.52 Å². The number of hydrogen-bond donors (Lipinski definition) is 2. The number of rotatable bonds is 6. The monoisotopic (exact) mass is 267 g/mol. The van der Waals surface area contributed by atoms with Gasteiger partial charge in [0.15, 0.2) is 5.82 Å². The van der Waals surface area contributed by atoms with Crippen molar-refractivity contribution in [2.45, 2.75) is 63.9 Å². The Labute approximate surface area is 114 Å². The van der Waals surface area contributed by atoms with Gasteiger partial charge in [-0.15, -0.1) is 0 Å². The van der Waals surface area contributed by atoms with Crippen molar-refractivity contribution in [3.63, 3.8) is 0 Å². The van der Waals surface area contributed by atoms with Crippen LogP contribution in [0, 0.1) is 5.92 Å². The minimum atomic E-state index is -0.720. The van der Waals surface area contributed by atoms with Crippen molar-refractivity contribution in [2.24, 2.45) is 11.7 Å². The van der Waals surface area contributed by atoms with Crippen LogP contribution in [-0.4, -0.2) is 21.8 Å². The van der Waals surface area contributed by atoms with E-state index in [9.17, 15) is 5.11 Å². The fourth-order valence-electron chi connectivity index (χ4n) is 2.95. The van der Waals surface area contributed by atoms with Crippen LogP contribution in [0.5, 0.6) is 0 Å². The van der Waals surface area contributed by atoms with Gasteiger partial charge < -0.3 is 15.4 Å². The molecule has 0 aromatic carbocycles. The van der Waals surface area contributed by atoms with Gasteiger partial charge in [-0.3, -0.25) is 0 Å². The van der Waals surface area contributed by atoms with E-state index in [1.165, 1.54) is 25.7 Å². The number of nitrogens with two attached hydrogens (primary N) is 1. The zero-order chi connectivity index (χ0) is 13.7. The van der Waals surface area contributed by atoms with E-state index in [4.69, 9.17) is 10.3 Å². The lowest BCUT2D eigenvalue weighted by atomic mass is 9.80. The molecule has 1 aromatic rings. The molecule has 0 spiro atoms. The molecule has 1 atom stereocenters. The predicted molar refractivity (Wildman–Crippen MR) is 72.5 cm³/mol. The Morgan fingerprint density at radius 3 is 2.74 bits per heavy atom. The van der Waals surface area contributed by atoms with E-state index in [1.54, 1.807) is 0 Å². The molecule has 1 saturated carbocycles. The van der Waals surface area contributed by atoms with E-state index in [2.05, 4.69) is 17.1 Å². The van der Waals surface area contributed by atoms with Crippen molar-refractivity contribution in [1.82, 2.24) is 10.1 Å². The molecule has 1 fully saturated rings. The molecule has 5 nitrogen and oxygen atoms in total. The molecule has 0 radical (unpaired) electrons. The average molecular weight is 267 g/mol. The first-order valence-electron chi connectivity index (χ1n) is 7.46. The summed E-state index contributed by atoms with van der Waals surface area (Å²) in [5.41, 5.74) is 5.41. The van der Waals surface area contributed by atoms with Gasteiger partial charge in [0.05, 0.1) is 0 Å². The Kier molecular flexibility index (Phi) is 5.34. The predicted octanol–water partition coefficient (Wildman–Crippen LogP) is 2.53. The van der Waals surface area contributed by atoms with Crippen molar-refractivity contribution < 1.29 is 9.63 Å². The van der Waals surface area contributed by atoms with Crippen molar-refractivity contribution in [1.29, 1.82) is 0 Å². The topological polar surface area (TPSA) is 85.2 Å². The maximum Gasteiger partial charge on any atom is 0.255 e. The Balaban J connectivity index is 1.89. The van der Waals surface area contributed by atoms with Gasteiger partial charge in [0.2, 0.25) is 0 Å². The van der Waals surface area contributed by atoms with E-state index in [0.29, 0.717) is 24.8 Å². The van der Waals surface area contributed by atoms with E-state index in [0.717, 1.165) is 24.6 Å². The quantitative estimate of drug-likeness (QED) is 0.827. The third-order valence-corrected chi connectivity index (χ3v) is 4.09. The minimum absolute atomic E-state index is 0.316. The molecule has 3 N–H and O–H groups in total. The highest BCUT2D eigenvalue weighted by Crippen LogP contribution is 2.36. The Hall–Kier alpha value is -0.940. The van der Waals surface area contributed by atoms with Gasteiger partial charge in [-0.25, -0.2) is 0 Å². The highest BCUT2D eigenvalue weighted by molar-refractivity contribution is 4.99. The second-order valence-corrected chi connectivity index (χ2v) is 5.59. The molecule has 5 heteroatoms. The lowest BCUT2D eigenvalue weighted by Gasteiger charge is -2.26. The summed E-state index contributed by atoms with van der Waals surface area (Å²) in [6.07, 6.45) is 7.13. The van der Waals surface area contributed by atoms with Crippen molar-refractivity contribution in [3.8, 4) is 0 Å². The first-order valence-corrected chi connectivity index (χ1v) is 7.46. The number of aromatic nitrogens is 2. The molecule has 1 aliphatic rings. The van der Waals surface area contributed by atoms with Gasteiger partial charge in [-0.2, -0.15) is 4.98 Å². The SMILES string of the molecule is CCCC1CCC(c2noc(C(O)CCN)n2)CC1. The summed E-state index contributed by atoms with van der Waals surface area (Å²) in [6.45, 7) is 2.66. The van der Waals surface area contributed by atoms with Crippen molar-refractivity contribution in [2.75, 3.05) is 6.54 Å². The van der Waals surface area contributed by atoms with Crippen LogP contribution in [0.2, 0.25) is 0 Å². The Morgan fingerprint density at radius 2 is 2.11 bits per heavy atom. The largest absolute Gasteiger partial charge is 0.383 e. The summed E-state index contributed by atoms with van der Waals surface area (Å²) in [6, 6.07) is 0. The highest BCUT2D eigenvalue weighted by Gasteiger charge is 2.26. The standard InChI is InChI=1S/C14H25N3O2/c1-2-3-10-4-6-11(7-5-10)13-16-14(19-17-13)12(18)8-9-15/h10-12,18H,2-9,15H2,1H3. The summed E-state index contributed by atoms with van der Waals surface area (Å²) >= 11 is 0.